The number of hydrogen-bond donors (Lipinski definition) is 1. The fourth-order valence-corrected chi connectivity index (χ4v) is 1.43. The topological polar surface area (TPSA) is 20.2 Å². The molecule has 0 aromatic heterocycles. The molecular formula is C11H22O. The minimum atomic E-state index is -0.177. The summed E-state index contributed by atoms with van der Waals surface area (Å²) in [5, 5.41) is 9.26. The third-order valence-corrected chi connectivity index (χ3v) is 2.10. The van der Waals surface area contributed by atoms with E-state index in [4.69, 9.17) is 0 Å². The van der Waals surface area contributed by atoms with Crippen LogP contribution in [0, 0.1) is 17.8 Å². The Labute approximate surface area is 77.2 Å². The van der Waals surface area contributed by atoms with Gasteiger partial charge in [-0.05, 0) is 37.5 Å². The minimum Gasteiger partial charge on any atom is -0.393 e. The standard InChI is InChI=1S/C11H22O/c1-8(2)6-11(9(3)4)7-10(5)12/h10-12H,6-7H2,1-5H3. The minimum absolute atomic E-state index is 0.177. The van der Waals surface area contributed by atoms with Crippen LogP contribution in [-0.4, -0.2) is 11.2 Å². The van der Waals surface area contributed by atoms with Crippen molar-refractivity contribution < 1.29 is 5.11 Å². The van der Waals surface area contributed by atoms with Crippen molar-refractivity contribution in [3.63, 3.8) is 0 Å². The van der Waals surface area contributed by atoms with Crippen LogP contribution >= 0.6 is 0 Å². The van der Waals surface area contributed by atoms with Gasteiger partial charge in [-0.3, -0.25) is 0 Å². The molecule has 1 N–H and O–H groups in total. The number of hydrogen-bond acceptors (Lipinski definition) is 1. The summed E-state index contributed by atoms with van der Waals surface area (Å²) in [6.45, 7) is 10.5. The third kappa shape index (κ3) is 5.59. The molecule has 1 heteroatoms. The average Bonchev–Trinajstić information content (AvgIpc) is 1.83. The molecular weight excluding hydrogens is 148 g/mol. The third-order valence-electron chi connectivity index (χ3n) is 2.10. The predicted octanol–water partition coefficient (Wildman–Crippen LogP) is 2.99. The van der Waals surface area contributed by atoms with Crippen LogP contribution in [0.25, 0.3) is 0 Å². The quantitative estimate of drug-likeness (QED) is 0.672. The van der Waals surface area contributed by atoms with Crippen LogP contribution in [-0.2, 0) is 0 Å². The molecule has 72 valence electrons. The fourth-order valence-electron chi connectivity index (χ4n) is 1.43. The van der Waals surface area contributed by atoms with Crippen LogP contribution in [0.5, 0.6) is 0 Å². The van der Waals surface area contributed by atoms with Crippen molar-refractivity contribution in [3.8, 4) is 0 Å². The molecule has 1 nitrogen and oxygen atoms in total. The maximum atomic E-state index is 9.26. The monoisotopic (exact) mass is 170 g/mol. The molecule has 0 fully saturated rings. The molecule has 0 saturated heterocycles. The largest absolute Gasteiger partial charge is 0.393 e. The van der Waals surface area contributed by atoms with Crippen LogP contribution in [0.2, 0.25) is 0 Å². The second-order valence-electron chi connectivity index (χ2n) is 4.27. The van der Waals surface area contributed by atoms with E-state index in [1.54, 1.807) is 0 Å². The van der Waals surface area contributed by atoms with Crippen molar-refractivity contribution >= 4 is 0 Å². The summed E-state index contributed by atoms with van der Waals surface area (Å²) in [7, 11) is 0. The maximum Gasteiger partial charge on any atom is 0.0515 e. The molecule has 0 aliphatic heterocycles. The first kappa shape index (κ1) is 12.0. The van der Waals surface area contributed by atoms with Crippen molar-refractivity contribution in [3.05, 3.63) is 11.8 Å². The fraction of sp³-hybridized carbons (Fsp3) is 0.818. The van der Waals surface area contributed by atoms with Crippen molar-refractivity contribution in [2.45, 2.75) is 53.6 Å². The van der Waals surface area contributed by atoms with E-state index in [2.05, 4.69) is 27.7 Å². The molecule has 2 unspecified atom stereocenters. The molecule has 0 heterocycles. The van der Waals surface area contributed by atoms with Gasteiger partial charge in [0.15, 0.2) is 0 Å². The summed E-state index contributed by atoms with van der Waals surface area (Å²) in [5.41, 5.74) is 0. The Morgan fingerprint density at radius 2 is 1.67 bits per heavy atom. The summed E-state index contributed by atoms with van der Waals surface area (Å²) in [6.07, 6.45) is 1.84. The first-order chi connectivity index (χ1) is 5.43. The van der Waals surface area contributed by atoms with E-state index in [1.807, 2.05) is 6.92 Å². The SMILES string of the molecule is C[C](C)CC(CC(C)O)[C](C)C. The Hall–Kier alpha value is -0.0400. The van der Waals surface area contributed by atoms with Gasteiger partial charge in [-0.2, -0.15) is 0 Å². The van der Waals surface area contributed by atoms with Crippen LogP contribution in [0.15, 0.2) is 0 Å². The van der Waals surface area contributed by atoms with Crippen LogP contribution < -0.4 is 0 Å². The van der Waals surface area contributed by atoms with Gasteiger partial charge in [0.2, 0.25) is 0 Å². The number of rotatable bonds is 5. The molecule has 0 spiro atoms. The van der Waals surface area contributed by atoms with Crippen molar-refractivity contribution in [1.29, 1.82) is 0 Å². The molecule has 0 aromatic carbocycles. The molecule has 0 aromatic rings. The summed E-state index contributed by atoms with van der Waals surface area (Å²) < 4.78 is 0. The molecule has 0 aliphatic carbocycles. The van der Waals surface area contributed by atoms with E-state index >= 15 is 0 Å². The van der Waals surface area contributed by atoms with Crippen LogP contribution in [0.1, 0.15) is 47.5 Å². The lowest BCUT2D eigenvalue weighted by Crippen LogP contribution is -2.15. The van der Waals surface area contributed by atoms with E-state index in [-0.39, 0.29) is 6.10 Å². The zero-order chi connectivity index (χ0) is 9.72. The normalized spacial score (nSPS) is 17.0. The maximum absolute atomic E-state index is 9.26. The lowest BCUT2D eigenvalue weighted by molar-refractivity contribution is 0.161. The molecule has 0 rings (SSSR count). The van der Waals surface area contributed by atoms with Gasteiger partial charge < -0.3 is 5.11 Å². The second-order valence-corrected chi connectivity index (χ2v) is 4.27. The zero-order valence-corrected chi connectivity index (χ0v) is 9.02. The zero-order valence-electron chi connectivity index (χ0n) is 9.02. The highest BCUT2D eigenvalue weighted by Gasteiger charge is 2.17. The van der Waals surface area contributed by atoms with E-state index in [0.717, 1.165) is 12.8 Å². The van der Waals surface area contributed by atoms with Gasteiger partial charge in [-0.1, -0.05) is 27.7 Å². The second kappa shape index (κ2) is 5.58. The average molecular weight is 170 g/mol. The lowest BCUT2D eigenvalue weighted by Gasteiger charge is -2.23. The first-order valence-electron chi connectivity index (χ1n) is 4.70. The van der Waals surface area contributed by atoms with E-state index in [1.165, 1.54) is 11.8 Å². The van der Waals surface area contributed by atoms with Gasteiger partial charge in [0.25, 0.3) is 0 Å². The summed E-state index contributed by atoms with van der Waals surface area (Å²) in [6, 6.07) is 0. The highest BCUT2D eigenvalue weighted by atomic mass is 16.3. The van der Waals surface area contributed by atoms with Crippen LogP contribution in [0.3, 0.4) is 0 Å². The molecule has 2 atom stereocenters. The molecule has 12 heavy (non-hydrogen) atoms. The molecule has 2 radical (unpaired) electrons. The highest BCUT2D eigenvalue weighted by Crippen LogP contribution is 2.26. The molecule has 0 bridgehead atoms. The van der Waals surface area contributed by atoms with E-state index < -0.39 is 0 Å². The predicted molar refractivity (Wildman–Crippen MR) is 53.6 cm³/mol. The molecule has 0 saturated carbocycles. The van der Waals surface area contributed by atoms with Crippen LogP contribution in [0.4, 0.5) is 0 Å². The molecule has 0 aliphatic rings. The van der Waals surface area contributed by atoms with Crippen molar-refractivity contribution in [2.24, 2.45) is 5.92 Å². The van der Waals surface area contributed by atoms with Gasteiger partial charge in [0.1, 0.15) is 0 Å². The summed E-state index contributed by atoms with van der Waals surface area (Å²) in [4.78, 5) is 0. The Bertz CT molecular complexity index is 95.6. The molecule has 0 amide bonds. The van der Waals surface area contributed by atoms with Gasteiger partial charge in [0.05, 0.1) is 6.10 Å². The smallest absolute Gasteiger partial charge is 0.0515 e. The highest BCUT2D eigenvalue weighted by molar-refractivity contribution is 4.94. The number of aliphatic hydroxyl groups is 1. The summed E-state index contributed by atoms with van der Waals surface area (Å²) in [5.74, 6) is 3.44. The Morgan fingerprint density at radius 3 is 1.92 bits per heavy atom. The Morgan fingerprint density at radius 1 is 1.17 bits per heavy atom. The lowest BCUT2D eigenvalue weighted by atomic mass is 9.84. The Kier molecular flexibility index (Phi) is 5.56. The van der Waals surface area contributed by atoms with E-state index in [9.17, 15) is 5.11 Å². The first-order valence-corrected chi connectivity index (χ1v) is 4.70. The van der Waals surface area contributed by atoms with E-state index in [0.29, 0.717) is 5.92 Å². The van der Waals surface area contributed by atoms with Gasteiger partial charge in [0, 0.05) is 0 Å². The number of aliphatic hydroxyl groups excluding tert-OH is 1. The van der Waals surface area contributed by atoms with Gasteiger partial charge in [-0.25, -0.2) is 0 Å². The Balaban J connectivity index is 3.87. The van der Waals surface area contributed by atoms with Gasteiger partial charge in [-0.15, -0.1) is 0 Å². The van der Waals surface area contributed by atoms with Crippen molar-refractivity contribution in [1.82, 2.24) is 0 Å². The van der Waals surface area contributed by atoms with Crippen molar-refractivity contribution in [2.75, 3.05) is 0 Å². The summed E-state index contributed by atoms with van der Waals surface area (Å²) >= 11 is 0. The van der Waals surface area contributed by atoms with Gasteiger partial charge >= 0.3 is 0 Å².